The summed E-state index contributed by atoms with van der Waals surface area (Å²) < 4.78 is 19.4. The molecule has 1 rings (SSSR count). The van der Waals surface area contributed by atoms with E-state index < -0.39 is 33.0 Å². The summed E-state index contributed by atoms with van der Waals surface area (Å²) in [5.74, 6) is 0. The number of benzene rings is 1. The summed E-state index contributed by atoms with van der Waals surface area (Å²) in [6.07, 6.45) is -0.520. The summed E-state index contributed by atoms with van der Waals surface area (Å²) in [7, 11) is -0.0622. The maximum Gasteiger partial charge on any atom is 0.407 e. The lowest BCUT2D eigenvalue weighted by Gasteiger charge is -2.30. The van der Waals surface area contributed by atoms with Gasteiger partial charge in [0.2, 0.25) is 0 Å². The van der Waals surface area contributed by atoms with Crippen molar-refractivity contribution in [3.63, 3.8) is 0 Å². The number of amides is 1. The van der Waals surface area contributed by atoms with E-state index in [0.29, 0.717) is 13.1 Å². The van der Waals surface area contributed by atoms with Gasteiger partial charge >= 0.3 is 6.09 Å². The molecule has 0 aliphatic carbocycles. The van der Waals surface area contributed by atoms with Crippen molar-refractivity contribution in [1.29, 1.82) is 0 Å². The van der Waals surface area contributed by atoms with E-state index >= 15 is 0 Å². The zero-order valence-electron chi connectivity index (χ0n) is 16.1. The molecule has 1 amide bonds. The highest BCUT2D eigenvalue weighted by atomic mass is 32.2. The second-order valence-corrected chi connectivity index (χ2v) is 9.34. The molecular weight excluding hydrogens is 358 g/mol. The first-order chi connectivity index (χ1) is 11.8. The highest BCUT2D eigenvalue weighted by Gasteiger charge is 2.28. The number of alkyl carbamates (subject to hydrolysis) is 1. The van der Waals surface area contributed by atoms with Crippen molar-refractivity contribution in [2.24, 2.45) is 5.41 Å². The monoisotopic (exact) mass is 385 g/mol. The largest absolute Gasteiger partial charge is 0.444 e. The third-order valence-electron chi connectivity index (χ3n) is 3.29. The lowest BCUT2D eigenvalue weighted by molar-refractivity contribution is -0.387. The molecule has 0 spiro atoms. The zero-order chi connectivity index (χ0) is 20.1. The molecule has 1 unspecified atom stereocenters. The molecule has 0 heterocycles. The topological polar surface area (TPSA) is 102 Å². The number of carbonyl (C=O) groups is 1. The third-order valence-corrected chi connectivity index (χ3v) is 4.71. The van der Waals surface area contributed by atoms with Crippen molar-refractivity contribution >= 4 is 22.8 Å². The summed E-state index contributed by atoms with van der Waals surface area (Å²) in [6.45, 7) is 9.79. The molecule has 1 N–H and O–H groups in total. The molecule has 1 atom stereocenters. The van der Waals surface area contributed by atoms with Crippen LogP contribution in [0, 0.1) is 15.5 Å². The van der Waals surface area contributed by atoms with Gasteiger partial charge in [-0.15, -0.1) is 0 Å². The summed E-state index contributed by atoms with van der Waals surface area (Å²) in [4.78, 5) is 22.5. The number of nitrogens with zero attached hydrogens (tertiary/aromatic N) is 2. The van der Waals surface area contributed by atoms with Gasteiger partial charge in [0, 0.05) is 26.2 Å². The molecule has 0 saturated carbocycles. The maximum atomic E-state index is 12.7. The third kappa shape index (κ3) is 7.09. The van der Waals surface area contributed by atoms with Crippen LogP contribution in [-0.4, -0.2) is 45.3 Å². The Morgan fingerprint density at radius 2 is 1.85 bits per heavy atom. The number of nitrogens with one attached hydrogen (secondary N) is 1. The van der Waals surface area contributed by atoms with E-state index in [-0.39, 0.29) is 10.6 Å². The van der Waals surface area contributed by atoms with E-state index in [1.807, 2.05) is 13.8 Å². The summed E-state index contributed by atoms with van der Waals surface area (Å²) in [5.41, 5.74) is -1.19. The number of hydrogen-bond acceptors (Lipinski definition) is 5. The number of hydrogen-bond donors (Lipinski definition) is 1. The van der Waals surface area contributed by atoms with Crippen molar-refractivity contribution in [1.82, 2.24) is 9.62 Å². The fourth-order valence-electron chi connectivity index (χ4n) is 2.27. The highest BCUT2D eigenvalue weighted by molar-refractivity contribution is 7.82. The number of rotatable bonds is 7. The first-order valence-electron chi connectivity index (χ1n) is 8.16. The lowest BCUT2D eigenvalue weighted by Crippen LogP contribution is -2.43. The Hall–Kier alpha value is -2.00. The van der Waals surface area contributed by atoms with Crippen LogP contribution in [0.25, 0.3) is 0 Å². The molecule has 0 aliphatic heterocycles. The second kappa shape index (κ2) is 8.59. The minimum absolute atomic E-state index is 0.149. The summed E-state index contributed by atoms with van der Waals surface area (Å²) >= 11 is 0. The van der Waals surface area contributed by atoms with Crippen molar-refractivity contribution in [3.8, 4) is 0 Å². The Morgan fingerprint density at radius 1 is 1.27 bits per heavy atom. The predicted octanol–water partition coefficient (Wildman–Crippen LogP) is 3.10. The van der Waals surface area contributed by atoms with Gasteiger partial charge in [-0.25, -0.2) is 13.3 Å². The molecule has 0 bridgehead atoms. The van der Waals surface area contributed by atoms with Crippen molar-refractivity contribution < 1.29 is 18.7 Å². The smallest absolute Gasteiger partial charge is 0.407 e. The summed E-state index contributed by atoms with van der Waals surface area (Å²) in [6, 6.07) is 5.96. The van der Waals surface area contributed by atoms with Crippen LogP contribution in [0.4, 0.5) is 10.5 Å². The molecule has 0 fully saturated rings. The van der Waals surface area contributed by atoms with E-state index in [2.05, 4.69) is 5.32 Å². The molecule has 0 aromatic heterocycles. The number of carbonyl (C=O) groups excluding carboxylic acids is 1. The molecule has 9 heteroatoms. The molecule has 1 aromatic rings. The van der Waals surface area contributed by atoms with Gasteiger partial charge in [0.15, 0.2) is 0 Å². The van der Waals surface area contributed by atoms with Gasteiger partial charge in [-0.2, -0.15) is 0 Å². The van der Waals surface area contributed by atoms with Crippen LogP contribution in [0.5, 0.6) is 0 Å². The van der Waals surface area contributed by atoms with Gasteiger partial charge < -0.3 is 10.1 Å². The van der Waals surface area contributed by atoms with E-state index in [0.717, 1.165) is 0 Å². The predicted molar refractivity (Wildman–Crippen MR) is 100 cm³/mol. The van der Waals surface area contributed by atoms with Gasteiger partial charge in [-0.3, -0.25) is 10.1 Å². The minimum atomic E-state index is -1.69. The highest BCUT2D eigenvalue weighted by Crippen LogP contribution is 2.25. The van der Waals surface area contributed by atoms with Gasteiger partial charge in [-0.1, -0.05) is 26.0 Å². The number of nitro groups is 1. The first kappa shape index (κ1) is 22.0. The van der Waals surface area contributed by atoms with Gasteiger partial charge in [0.05, 0.1) is 4.92 Å². The number of ether oxygens (including phenoxy) is 1. The normalized spacial score (nSPS) is 13.3. The zero-order valence-corrected chi connectivity index (χ0v) is 16.9. The fraction of sp³-hybridized carbons (Fsp3) is 0.588. The van der Waals surface area contributed by atoms with E-state index in [1.165, 1.54) is 22.5 Å². The first-order valence-corrected chi connectivity index (χ1v) is 9.26. The van der Waals surface area contributed by atoms with Crippen molar-refractivity contribution in [2.75, 3.05) is 20.1 Å². The van der Waals surface area contributed by atoms with Crippen molar-refractivity contribution in [2.45, 2.75) is 45.1 Å². The standard InChI is InChI=1S/C17H27N3O5S/c1-16(2,3)25-15(21)18-11-17(4,5)12-19(6)26(24)14-10-8-7-9-13(14)20(22)23/h7-10H,11-12H2,1-6H3,(H,18,21). The maximum absolute atomic E-state index is 12.7. The van der Waals surface area contributed by atoms with E-state index in [9.17, 15) is 19.1 Å². The molecule has 26 heavy (non-hydrogen) atoms. The number of nitro benzene ring substituents is 1. The Bertz CT molecular complexity index is 685. The fourth-order valence-corrected chi connectivity index (χ4v) is 3.59. The number of para-hydroxylation sites is 1. The Balaban J connectivity index is 2.73. The minimum Gasteiger partial charge on any atom is -0.444 e. The molecule has 0 saturated heterocycles. The van der Waals surface area contributed by atoms with Gasteiger partial charge in [0.1, 0.15) is 21.5 Å². The van der Waals surface area contributed by atoms with Gasteiger partial charge in [-0.05, 0) is 32.3 Å². The van der Waals surface area contributed by atoms with Crippen LogP contribution in [0.2, 0.25) is 0 Å². The average Bonchev–Trinajstić information content (AvgIpc) is 2.50. The molecule has 8 nitrogen and oxygen atoms in total. The Labute approximate surface area is 156 Å². The summed E-state index contributed by atoms with van der Waals surface area (Å²) in [5, 5.41) is 13.8. The molecular formula is C17H27N3O5S. The lowest BCUT2D eigenvalue weighted by atomic mass is 9.93. The Kier molecular flexibility index (Phi) is 7.28. The molecule has 0 aliphatic rings. The molecule has 1 aromatic carbocycles. The molecule has 146 valence electrons. The van der Waals surface area contributed by atoms with Crippen molar-refractivity contribution in [3.05, 3.63) is 34.4 Å². The van der Waals surface area contributed by atoms with Crippen LogP contribution in [0.1, 0.15) is 34.6 Å². The van der Waals surface area contributed by atoms with E-state index in [4.69, 9.17) is 4.74 Å². The van der Waals surface area contributed by atoms with Crippen LogP contribution in [0.3, 0.4) is 0 Å². The van der Waals surface area contributed by atoms with Crippen LogP contribution in [0.15, 0.2) is 29.2 Å². The average molecular weight is 385 g/mol. The quantitative estimate of drug-likeness (QED) is 0.574. The SMILES string of the molecule is CN(CC(C)(C)CNC(=O)OC(C)(C)C)S(=O)c1ccccc1[N+](=O)[O-]. The van der Waals surface area contributed by atoms with Crippen LogP contribution < -0.4 is 5.32 Å². The van der Waals surface area contributed by atoms with Crippen LogP contribution in [-0.2, 0) is 15.7 Å². The second-order valence-electron chi connectivity index (χ2n) is 7.78. The Morgan fingerprint density at radius 3 is 2.38 bits per heavy atom. The van der Waals surface area contributed by atoms with E-state index in [1.54, 1.807) is 33.9 Å². The van der Waals surface area contributed by atoms with Gasteiger partial charge in [0.25, 0.3) is 5.69 Å². The molecule has 0 radical (unpaired) electrons. The van der Waals surface area contributed by atoms with Crippen LogP contribution >= 0.6 is 0 Å².